The second-order valence-electron chi connectivity index (χ2n) is 14.4. The van der Waals surface area contributed by atoms with E-state index in [-0.39, 0.29) is 11.8 Å². The largest absolute Gasteiger partial charge is 0.497 e. The van der Waals surface area contributed by atoms with Crippen LogP contribution in [0.4, 0.5) is 26.9 Å². The van der Waals surface area contributed by atoms with Crippen LogP contribution in [0.2, 0.25) is 0 Å². The maximum atomic E-state index is 14.2. The van der Waals surface area contributed by atoms with Crippen LogP contribution >= 0.6 is 0 Å². The molecular formula is C35H38N6O6. The van der Waals surface area contributed by atoms with E-state index >= 15 is 0 Å². The molecule has 12 nitrogen and oxygen atoms in total. The lowest BCUT2D eigenvalue weighted by Crippen LogP contribution is -2.41. The lowest BCUT2D eigenvalue weighted by Gasteiger charge is -2.24. The second-order valence-corrected chi connectivity index (χ2v) is 14.4. The molecule has 2 atom stereocenters. The Morgan fingerprint density at radius 3 is 2.40 bits per heavy atom. The number of nitrogens with zero attached hydrogens (tertiary/aromatic N) is 5. The van der Waals surface area contributed by atoms with Gasteiger partial charge in [-0.15, -0.1) is 5.10 Å². The van der Waals surface area contributed by atoms with Crippen LogP contribution in [0.1, 0.15) is 82.7 Å². The summed E-state index contributed by atoms with van der Waals surface area (Å²) in [6, 6.07) is 11.0. The third kappa shape index (κ3) is 5.15. The first-order valence-corrected chi connectivity index (χ1v) is 15.8. The van der Waals surface area contributed by atoms with Gasteiger partial charge in [0.2, 0.25) is 5.91 Å². The predicted octanol–water partition coefficient (Wildman–Crippen LogP) is 6.56. The minimum absolute atomic E-state index is 0.277. The van der Waals surface area contributed by atoms with Crippen molar-refractivity contribution in [1.29, 1.82) is 0 Å². The van der Waals surface area contributed by atoms with Gasteiger partial charge in [0, 0.05) is 22.6 Å². The highest BCUT2D eigenvalue weighted by Gasteiger charge is 2.68. The monoisotopic (exact) mass is 638 g/mol. The van der Waals surface area contributed by atoms with Crippen molar-refractivity contribution in [3.63, 3.8) is 0 Å². The number of methoxy groups -OCH3 is 1. The zero-order valence-electron chi connectivity index (χ0n) is 27.6. The quantitative estimate of drug-likeness (QED) is 0.262. The maximum absolute atomic E-state index is 14.2. The molecule has 3 aliphatic rings. The van der Waals surface area contributed by atoms with E-state index in [4.69, 9.17) is 14.2 Å². The molecular weight excluding hydrogens is 600 g/mol. The van der Waals surface area contributed by atoms with Crippen molar-refractivity contribution in [1.82, 2.24) is 19.7 Å². The third-order valence-corrected chi connectivity index (χ3v) is 8.83. The number of aryl methyl sites for hydroxylation is 1. The average molecular weight is 639 g/mol. The van der Waals surface area contributed by atoms with E-state index in [9.17, 15) is 14.4 Å². The minimum Gasteiger partial charge on any atom is -0.497 e. The van der Waals surface area contributed by atoms with Crippen LogP contribution in [0.5, 0.6) is 5.75 Å². The van der Waals surface area contributed by atoms with Gasteiger partial charge in [0.1, 0.15) is 29.1 Å². The first-order valence-electron chi connectivity index (χ1n) is 15.8. The van der Waals surface area contributed by atoms with E-state index in [0.29, 0.717) is 46.0 Å². The van der Waals surface area contributed by atoms with Gasteiger partial charge in [-0.3, -0.25) is 4.79 Å². The van der Waals surface area contributed by atoms with Gasteiger partial charge in [0.05, 0.1) is 23.7 Å². The number of aromatic nitrogens is 4. The topological polar surface area (TPSA) is 138 Å². The molecule has 4 aromatic rings. The molecule has 244 valence electrons. The summed E-state index contributed by atoms with van der Waals surface area (Å²) in [4.78, 5) is 51.1. The van der Waals surface area contributed by atoms with E-state index < -0.39 is 28.8 Å². The fourth-order valence-corrected chi connectivity index (χ4v) is 6.77. The average Bonchev–Trinajstić information content (AvgIpc) is 3.25. The Bertz CT molecular complexity index is 1970. The summed E-state index contributed by atoms with van der Waals surface area (Å²) in [5.41, 5.74) is 2.07. The molecule has 1 aliphatic heterocycles. The Morgan fingerprint density at radius 2 is 1.68 bits per heavy atom. The molecule has 2 aromatic carbocycles. The number of imide groups is 1. The highest BCUT2D eigenvalue weighted by atomic mass is 16.6. The number of benzene rings is 2. The van der Waals surface area contributed by atoms with Crippen molar-refractivity contribution in [2.24, 2.45) is 0 Å². The highest BCUT2D eigenvalue weighted by molar-refractivity contribution is 6.23. The number of anilines is 3. The summed E-state index contributed by atoms with van der Waals surface area (Å²) < 4.78 is 18.1. The molecule has 1 fully saturated rings. The van der Waals surface area contributed by atoms with Gasteiger partial charge in [-0.05, 0) is 109 Å². The Labute approximate surface area is 272 Å². The number of nitrogens with one attached hydrogen (secondary N) is 1. The Balaban J connectivity index is 1.30. The van der Waals surface area contributed by atoms with Crippen LogP contribution in [0.3, 0.4) is 0 Å². The van der Waals surface area contributed by atoms with E-state index in [0.717, 1.165) is 41.0 Å². The smallest absolute Gasteiger partial charge is 0.435 e. The Kier molecular flexibility index (Phi) is 6.85. The molecule has 12 heteroatoms. The lowest BCUT2D eigenvalue weighted by atomic mass is 9.91. The summed E-state index contributed by atoms with van der Waals surface area (Å²) >= 11 is 0. The minimum atomic E-state index is -0.992. The normalized spacial score (nSPS) is 19.9. The van der Waals surface area contributed by atoms with Crippen molar-refractivity contribution < 1.29 is 28.6 Å². The number of amides is 2. The van der Waals surface area contributed by atoms with Crippen LogP contribution < -0.4 is 15.0 Å². The molecule has 0 bridgehead atoms. The summed E-state index contributed by atoms with van der Waals surface area (Å²) in [6.45, 7) is 10.7. The standard InChI is InChI=1S/C35H38N6O6/c1-33(2,3)46-31(43)40-26-14-12-20(45-7)16-23(26)35(30(40)42)17-24(35)19-11-13-22-27(15-19)41(32(44)47-34(4,5)6)39-29(22)38-28-21-9-8-10-25(21)36-18-37-28/h11-16,18,24H,8-10,17H2,1-7H3,(H,36,37,38,39)/t24-,35-/m0/s1. The van der Waals surface area contributed by atoms with Crippen LogP contribution in [0.25, 0.3) is 10.9 Å². The van der Waals surface area contributed by atoms with Gasteiger partial charge in [0.15, 0.2) is 5.82 Å². The molecule has 0 unspecified atom stereocenters. The van der Waals surface area contributed by atoms with Crippen LogP contribution in [0, 0.1) is 0 Å². The molecule has 2 aromatic heterocycles. The second kappa shape index (κ2) is 10.5. The fourth-order valence-electron chi connectivity index (χ4n) is 6.77. The number of ether oxygens (including phenoxy) is 3. The van der Waals surface area contributed by atoms with Gasteiger partial charge in [0.25, 0.3) is 0 Å². The van der Waals surface area contributed by atoms with Gasteiger partial charge in [-0.2, -0.15) is 4.68 Å². The van der Waals surface area contributed by atoms with E-state index in [2.05, 4.69) is 20.4 Å². The SMILES string of the molecule is COc1ccc2c(c1)[C@]1(C[C@H]1c1ccc3c(Nc4ncnc5c4CCC5)nn(C(=O)OC(C)(C)C)c3c1)C(=O)N2C(=O)OC(C)(C)C. The summed E-state index contributed by atoms with van der Waals surface area (Å²) in [5, 5.41) is 8.71. The van der Waals surface area contributed by atoms with Crippen LogP contribution in [-0.4, -0.2) is 56.2 Å². The van der Waals surface area contributed by atoms with Gasteiger partial charge >= 0.3 is 12.2 Å². The van der Waals surface area contributed by atoms with Crippen molar-refractivity contribution in [3.05, 3.63) is 65.1 Å². The zero-order valence-corrected chi connectivity index (χ0v) is 27.6. The Morgan fingerprint density at radius 1 is 0.936 bits per heavy atom. The summed E-state index contributed by atoms with van der Waals surface area (Å²) in [6.07, 6.45) is 3.41. The van der Waals surface area contributed by atoms with Crippen molar-refractivity contribution in [2.45, 2.75) is 89.8 Å². The number of fused-ring (bicyclic) bond motifs is 4. The molecule has 7 rings (SSSR count). The molecule has 47 heavy (non-hydrogen) atoms. The number of hydrogen-bond acceptors (Lipinski definition) is 10. The Hall–Kier alpha value is -5.00. The van der Waals surface area contributed by atoms with Crippen molar-refractivity contribution in [2.75, 3.05) is 17.3 Å². The first kappa shape index (κ1) is 30.6. The van der Waals surface area contributed by atoms with Gasteiger partial charge in [-0.25, -0.2) is 24.5 Å². The van der Waals surface area contributed by atoms with E-state index in [1.807, 2.05) is 24.3 Å². The summed E-state index contributed by atoms with van der Waals surface area (Å²) in [5.74, 6) is 1.08. The van der Waals surface area contributed by atoms with Gasteiger partial charge < -0.3 is 19.5 Å². The lowest BCUT2D eigenvalue weighted by molar-refractivity contribution is -0.120. The zero-order chi connectivity index (χ0) is 33.5. The van der Waals surface area contributed by atoms with Crippen molar-refractivity contribution >= 4 is 46.3 Å². The molecule has 1 saturated carbocycles. The predicted molar refractivity (Wildman–Crippen MR) is 174 cm³/mol. The number of hydrogen-bond donors (Lipinski definition) is 1. The molecule has 1 N–H and O–H groups in total. The third-order valence-electron chi connectivity index (χ3n) is 8.83. The molecule has 2 aliphatic carbocycles. The number of carbonyl (C=O) groups is 3. The fraction of sp³-hybridized carbons (Fsp3) is 0.429. The van der Waals surface area contributed by atoms with Gasteiger partial charge in [-0.1, -0.05) is 6.07 Å². The van der Waals surface area contributed by atoms with Crippen LogP contribution in [0.15, 0.2) is 42.7 Å². The van der Waals surface area contributed by atoms with E-state index in [1.165, 1.54) is 11.0 Å². The van der Waals surface area contributed by atoms with Crippen LogP contribution in [-0.2, 0) is 32.5 Å². The molecule has 0 saturated heterocycles. The first-order chi connectivity index (χ1) is 22.2. The van der Waals surface area contributed by atoms with E-state index in [1.54, 1.807) is 60.8 Å². The molecule has 3 heterocycles. The molecule has 2 amide bonds. The number of rotatable bonds is 4. The maximum Gasteiger partial charge on any atom is 0.435 e. The molecule has 0 radical (unpaired) electrons. The number of carbonyl (C=O) groups excluding carboxylic acids is 3. The van der Waals surface area contributed by atoms with Crippen molar-refractivity contribution in [3.8, 4) is 5.75 Å². The summed E-state index contributed by atoms with van der Waals surface area (Å²) in [7, 11) is 1.56. The highest BCUT2D eigenvalue weighted by Crippen LogP contribution is 2.67. The molecule has 1 spiro atoms.